The third-order valence-corrected chi connectivity index (χ3v) is 5.92. The summed E-state index contributed by atoms with van der Waals surface area (Å²) in [7, 11) is 0. The lowest BCUT2D eigenvalue weighted by molar-refractivity contribution is 0.886. The van der Waals surface area contributed by atoms with Gasteiger partial charge in [0.2, 0.25) is 0 Å². The first-order chi connectivity index (χ1) is 14.2. The number of thioether (sulfide) groups is 1. The van der Waals surface area contributed by atoms with Gasteiger partial charge in [0.1, 0.15) is 0 Å². The summed E-state index contributed by atoms with van der Waals surface area (Å²) < 4.78 is 1.95. The van der Waals surface area contributed by atoms with Gasteiger partial charge in [0.15, 0.2) is 11.0 Å². The van der Waals surface area contributed by atoms with Crippen molar-refractivity contribution in [3.05, 3.63) is 88.2 Å². The Morgan fingerprint density at radius 3 is 2.38 bits per heavy atom. The van der Waals surface area contributed by atoms with Crippen molar-refractivity contribution in [1.82, 2.24) is 19.7 Å². The molecule has 0 bridgehead atoms. The zero-order valence-corrected chi connectivity index (χ0v) is 17.3. The highest BCUT2D eigenvalue weighted by atomic mass is 35.5. The molecule has 0 fully saturated rings. The van der Waals surface area contributed by atoms with E-state index < -0.39 is 0 Å². The highest BCUT2D eigenvalue weighted by molar-refractivity contribution is 7.98. The summed E-state index contributed by atoms with van der Waals surface area (Å²) in [6.45, 7) is 0. The van der Waals surface area contributed by atoms with Gasteiger partial charge in [-0.2, -0.15) is 5.26 Å². The summed E-state index contributed by atoms with van der Waals surface area (Å²) in [4.78, 5) is 4.07. The standard InChI is InChI=1S/C21H13Cl2N5S/c22-18-6-5-17(11-19(18)23)28-20(16-7-9-25-10-8-16)26-27-21(28)29-13-15-3-1-14(12-24)2-4-15/h1-11H,13H2. The van der Waals surface area contributed by atoms with E-state index in [1.165, 1.54) is 0 Å². The van der Waals surface area contributed by atoms with Crippen LogP contribution in [0.1, 0.15) is 11.1 Å². The number of benzene rings is 2. The largest absolute Gasteiger partial charge is 0.270 e. The fraction of sp³-hybridized carbons (Fsp3) is 0.0476. The molecule has 4 aromatic rings. The molecule has 0 unspecified atom stereocenters. The Balaban J connectivity index is 1.72. The molecule has 2 heterocycles. The van der Waals surface area contributed by atoms with Crippen molar-refractivity contribution >= 4 is 35.0 Å². The molecule has 0 aliphatic rings. The van der Waals surface area contributed by atoms with Gasteiger partial charge in [-0.25, -0.2) is 0 Å². The van der Waals surface area contributed by atoms with Crippen molar-refractivity contribution in [2.45, 2.75) is 10.9 Å². The monoisotopic (exact) mass is 437 g/mol. The lowest BCUT2D eigenvalue weighted by Gasteiger charge is -2.11. The van der Waals surface area contributed by atoms with Crippen molar-refractivity contribution < 1.29 is 0 Å². The van der Waals surface area contributed by atoms with Crippen LogP contribution in [-0.4, -0.2) is 19.7 Å². The molecule has 142 valence electrons. The second-order valence-electron chi connectivity index (χ2n) is 6.07. The maximum atomic E-state index is 8.95. The number of hydrogen-bond acceptors (Lipinski definition) is 5. The highest BCUT2D eigenvalue weighted by Gasteiger charge is 2.17. The van der Waals surface area contributed by atoms with E-state index in [4.69, 9.17) is 28.5 Å². The van der Waals surface area contributed by atoms with Crippen LogP contribution in [0.25, 0.3) is 17.1 Å². The molecule has 0 N–H and O–H groups in total. The van der Waals surface area contributed by atoms with Crippen LogP contribution in [0.2, 0.25) is 10.0 Å². The van der Waals surface area contributed by atoms with Crippen molar-refractivity contribution in [3.63, 3.8) is 0 Å². The normalized spacial score (nSPS) is 10.7. The molecule has 0 radical (unpaired) electrons. The summed E-state index contributed by atoms with van der Waals surface area (Å²) in [6, 6.07) is 18.8. The number of aromatic nitrogens is 4. The first-order valence-electron chi connectivity index (χ1n) is 8.59. The second kappa shape index (κ2) is 8.66. The minimum Gasteiger partial charge on any atom is -0.270 e. The third kappa shape index (κ3) is 4.28. The van der Waals surface area contributed by atoms with E-state index in [1.54, 1.807) is 36.3 Å². The number of nitriles is 1. The molecule has 0 aliphatic carbocycles. The first-order valence-corrected chi connectivity index (χ1v) is 10.3. The molecular formula is C21H13Cl2N5S. The van der Waals surface area contributed by atoms with Gasteiger partial charge in [0.25, 0.3) is 0 Å². The molecule has 0 amide bonds. The van der Waals surface area contributed by atoms with Crippen molar-refractivity contribution in [2.24, 2.45) is 0 Å². The Morgan fingerprint density at radius 2 is 1.69 bits per heavy atom. The fourth-order valence-electron chi connectivity index (χ4n) is 2.73. The molecule has 5 nitrogen and oxygen atoms in total. The van der Waals surface area contributed by atoms with Gasteiger partial charge in [-0.05, 0) is 48.0 Å². The molecule has 2 aromatic heterocycles. The van der Waals surface area contributed by atoms with Crippen LogP contribution in [0.4, 0.5) is 0 Å². The number of nitrogens with zero attached hydrogens (tertiary/aromatic N) is 5. The molecular weight excluding hydrogens is 425 g/mol. The molecule has 0 atom stereocenters. The number of hydrogen-bond donors (Lipinski definition) is 0. The van der Waals surface area contributed by atoms with E-state index >= 15 is 0 Å². The molecule has 0 spiro atoms. The summed E-state index contributed by atoms with van der Waals surface area (Å²) in [5, 5.41) is 19.4. The van der Waals surface area contributed by atoms with Crippen LogP contribution >= 0.6 is 35.0 Å². The van der Waals surface area contributed by atoms with Gasteiger partial charge >= 0.3 is 0 Å². The average molecular weight is 438 g/mol. The van der Waals surface area contributed by atoms with E-state index in [0.29, 0.717) is 27.2 Å². The topological polar surface area (TPSA) is 67.4 Å². The van der Waals surface area contributed by atoms with Gasteiger partial charge < -0.3 is 0 Å². The maximum absolute atomic E-state index is 8.95. The van der Waals surface area contributed by atoms with E-state index in [9.17, 15) is 0 Å². The summed E-state index contributed by atoms with van der Waals surface area (Å²) in [5.74, 6) is 1.37. The van der Waals surface area contributed by atoms with Crippen LogP contribution in [0.5, 0.6) is 0 Å². The first kappa shape index (κ1) is 19.5. The van der Waals surface area contributed by atoms with Crippen LogP contribution in [-0.2, 0) is 5.75 Å². The van der Waals surface area contributed by atoms with Crippen molar-refractivity contribution in [3.8, 4) is 23.1 Å². The average Bonchev–Trinajstić information content (AvgIpc) is 3.19. The zero-order chi connectivity index (χ0) is 20.2. The Hall–Kier alpha value is -2.85. The SMILES string of the molecule is N#Cc1ccc(CSc2nnc(-c3ccncc3)n2-c2ccc(Cl)c(Cl)c2)cc1. The van der Waals surface area contributed by atoms with E-state index in [-0.39, 0.29) is 0 Å². The quantitative estimate of drug-likeness (QED) is 0.369. The predicted octanol–water partition coefficient (Wildman–Crippen LogP) is 5.80. The van der Waals surface area contributed by atoms with E-state index in [1.807, 2.05) is 47.0 Å². The molecule has 8 heteroatoms. The van der Waals surface area contributed by atoms with Crippen LogP contribution < -0.4 is 0 Å². The van der Waals surface area contributed by atoms with Gasteiger partial charge in [-0.15, -0.1) is 10.2 Å². The molecule has 4 rings (SSSR count). The summed E-state index contributed by atoms with van der Waals surface area (Å²) in [6.07, 6.45) is 3.43. The molecule has 0 saturated carbocycles. The Labute approximate surface area is 182 Å². The van der Waals surface area contributed by atoms with E-state index in [2.05, 4.69) is 21.3 Å². The number of pyridine rings is 1. The number of rotatable bonds is 5. The van der Waals surface area contributed by atoms with Gasteiger partial charge in [-0.3, -0.25) is 9.55 Å². The van der Waals surface area contributed by atoms with Gasteiger partial charge in [-0.1, -0.05) is 47.1 Å². The summed E-state index contributed by atoms with van der Waals surface area (Å²) >= 11 is 13.9. The molecule has 29 heavy (non-hydrogen) atoms. The Morgan fingerprint density at radius 1 is 0.931 bits per heavy atom. The van der Waals surface area contributed by atoms with Crippen molar-refractivity contribution in [2.75, 3.05) is 0 Å². The van der Waals surface area contributed by atoms with Gasteiger partial charge in [0.05, 0.1) is 27.4 Å². The summed E-state index contributed by atoms with van der Waals surface area (Å²) in [5.41, 5.74) is 3.43. The molecule has 0 aliphatic heterocycles. The number of halogens is 2. The molecule has 2 aromatic carbocycles. The van der Waals surface area contributed by atoms with Gasteiger partial charge in [0, 0.05) is 23.7 Å². The lowest BCUT2D eigenvalue weighted by atomic mass is 10.2. The minimum atomic E-state index is 0.460. The second-order valence-corrected chi connectivity index (χ2v) is 7.83. The highest BCUT2D eigenvalue weighted by Crippen LogP contribution is 2.32. The fourth-order valence-corrected chi connectivity index (χ4v) is 3.93. The predicted molar refractivity (Wildman–Crippen MR) is 115 cm³/mol. The Kier molecular flexibility index (Phi) is 5.81. The van der Waals surface area contributed by atoms with Crippen LogP contribution in [0, 0.1) is 11.3 Å². The zero-order valence-electron chi connectivity index (χ0n) is 15.0. The lowest BCUT2D eigenvalue weighted by Crippen LogP contribution is -2.00. The molecule has 0 saturated heterocycles. The minimum absolute atomic E-state index is 0.460. The van der Waals surface area contributed by atoms with Crippen LogP contribution in [0.3, 0.4) is 0 Å². The Bertz CT molecular complexity index is 1180. The van der Waals surface area contributed by atoms with Crippen LogP contribution in [0.15, 0.2) is 72.1 Å². The maximum Gasteiger partial charge on any atom is 0.196 e. The smallest absolute Gasteiger partial charge is 0.196 e. The van der Waals surface area contributed by atoms with E-state index in [0.717, 1.165) is 22.0 Å². The van der Waals surface area contributed by atoms with Crippen molar-refractivity contribution in [1.29, 1.82) is 5.26 Å². The third-order valence-electron chi connectivity index (χ3n) is 4.18.